The average molecular weight is 288 g/mol. The Kier molecular flexibility index (Phi) is 4.61. The van der Waals surface area contributed by atoms with Gasteiger partial charge in [0.2, 0.25) is 10.0 Å². The number of hydrogen-bond acceptors (Lipinski definition) is 5. The molecule has 0 aliphatic heterocycles. The van der Waals surface area contributed by atoms with Crippen LogP contribution in [0, 0.1) is 24.0 Å². The number of nitrogens with one attached hydrogen (secondary N) is 1. The van der Waals surface area contributed by atoms with Gasteiger partial charge in [0.25, 0.3) is 5.69 Å². The largest absolute Gasteiger partial charge is 0.392 e. The molecule has 0 amide bonds. The predicted octanol–water partition coefficient (Wildman–Crippen LogP) is 0.871. The SMILES string of the molecule is Cc1cc([N+](=O)[O-])cc(S(=O)(=O)NC[C@@H](C)O)c1C. The lowest BCUT2D eigenvalue weighted by Gasteiger charge is -2.12. The van der Waals surface area contributed by atoms with Gasteiger partial charge in [-0.25, -0.2) is 13.1 Å². The molecule has 0 radical (unpaired) electrons. The fourth-order valence-electron chi connectivity index (χ4n) is 1.50. The summed E-state index contributed by atoms with van der Waals surface area (Å²) < 4.78 is 26.3. The third-order valence-electron chi connectivity index (χ3n) is 2.67. The van der Waals surface area contributed by atoms with Gasteiger partial charge in [0, 0.05) is 18.7 Å². The average Bonchev–Trinajstić information content (AvgIpc) is 2.29. The van der Waals surface area contributed by atoms with Crippen LogP contribution in [0.1, 0.15) is 18.1 Å². The number of aliphatic hydroxyl groups excluding tert-OH is 1. The first-order chi connectivity index (χ1) is 8.65. The Labute approximate surface area is 111 Å². The van der Waals surface area contributed by atoms with Crippen LogP contribution in [0.25, 0.3) is 0 Å². The van der Waals surface area contributed by atoms with Crippen LogP contribution in [0.15, 0.2) is 17.0 Å². The highest BCUT2D eigenvalue weighted by Crippen LogP contribution is 2.25. The van der Waals surface area contributed by atoms with Crippen molar-refractivity contribution < 1.29 is 18.4 Å². The molecular formula is C11H16N2O5S. The molecule has 106 valence electrons. The van der Waals surface area contributed by atoms with Crippen LogP contribution in [0.4, 0.5) is 5.69 Å². The molecule has 2 N–H and O–H groups in total. The lowest BCUT2D eigenvalue weighted by molar-refractivity contribution is -0.385. The zero-order valence-corrected chi connectivity index (χ0v) is 11.7. The van der Waals surface area contributed by atoms with E-state index in [1.807, 2.05) is 0 Å². The third kappa shape index (κ3) is 3.72. The zero-order valence-electron chi connectivity index (χ0n) is 10.9. The lowest BCUT2D eigenvalue weighted by atomic mass is 10.1. The first-order valence-corrected chi connectivity index (χ1v) is 7.07. The molecule has 0 heterocycles. The second-order valence-corrected chi connectivity index (χ2v) is 6.08. The van der Waals surface area contributed by atoms with Gasteiger partial charge in [-0.05, 0) is 31.9 Å². The number of hydrogen-bond donors (Lipinski definition) is 2. The number of aliphatic hydroxyl groups is 1. The van der Waals surface area contributed by atoms with Crippen molar-refractivity contribution in [3.63, 3.8) is 0 Å². The Balaban J connectivity index is 3.29. The van der Waals surface area contributed by atoms with E-state index in [1.165, 1.54) is 13.0 Å². The van der Waals surface area contributed by atoms with E-state index in [1.54, 1.807) is 13.8 Å². The van der Waals surface area contributed by atoms with Crippen molar-refractivity contribution in [2.24, 2.45) is 0 Å². The summed E-state index contributed by atoms with van der Waals surface area (Å²) in [6.07, 6.45) is -0.838. The summed E-state index contributed by atoms with van der Waals surface area (Å²) >= 11 is 0. The highest BCUT2D eigenvalue weighted by Gasteiger charge is 2.22. The molecule has 19 heavy (non-hydrogen) atoms. The summed E-state index contributed by atoms with van der Waals surface area (Å²) in [5.41, 5.74) is 0.691. The first kappa shape index (κ1) is 15.5. The first-order valence-electron chi connectivity index (χ1n) is 5.58. The van der Waals surface area contributed by atoms with E-state index in [4.69, 9.17) is 5.11 Å². The zero-order chi connectivity index (χ0) is 14.8. The highest BCUT2D eigenvalue weighted by molar-refractivity contribution is 7.89. The minimum Gasteiger partial charge on any atom is -0.392 e. The van der Waals surface area contributed by atoms with Crippen molar-refractivity contribution in [1.29, 1.82) is 0 Å². The van der Waals surface area contributed by atoms with E-state index < -0.39 is 21.1 Å². The van der Waals surface area contributed by atoms with Gasteiger partial charge in [-0.1, -0.05) is 0 Å². The predicted molar refractivity (Wildman–Crippen MR) is 69.4 cm³/mol. The topological polar surface area (TPSA) is 110 Å². The molecule has 1 atom stereocenters. The summed E-state index contributed by atoms with van der Waals surface area (Å²) in [6.45, 7) is 4.48. The maximum atomic E-state index is 12.0. The second kappa shape index (κ2) is 5.64. The summed E-state index contributed by atoms with van der Waals surface area (Å²) in [7, 11) is -3.88. The lowest BCUT2D eigenvalue weighted by Crippen LogP contribution is -2.31. The van der Waals surface area contributed by atoms with E-state index in [-0.39, 0.29) is 17.1 Å². The van der Waals surface area contributed by atoms with E-state index in [2.05, 4.69) is 4.72 Å². The standard InChI is InChI=1S/C11H16N2O5S/c1-7-4-10(13(15)16)5-11(9(7)3)19(17,18)12-6-8(2)14/h4-5,8,12,14H,6H2,1-3H3/t8-/m1/s1. The number of aryl methyl sites for hydroxylation is 1. The monoisotopic (exact) mass is 288 g/mol. The smallest absolute Gasteiger partial charge is 0.271 e. The van der Waals surface area contributed by atoms with Crippen LogP contribution in [0.3, 0.4) is 0 Å². The fourth-order valence-corrected chi connectivity index (χ4v) is 2.96. The van der Waals surface area contributed by atoms with Gasteiger partial charge >= 0.3 is 0 Å². The minimum atomic E-state index is -3.88. The van der Waals surface area contributed by atoms with E-state index in [0.29, 0.717) is 11.1 Å². The molecule has 0 bridgehead atoms. The van der Waals surface area contributed by atoms with Crippen LogP contribution < -0.4 is 4.72 Å². The van der Waals surface area contributed by atoms with Crippen molar-refractivity contribution in [2.75, 3.05) is 6.54 Å². The molecule has 0 aromatic heterocycles. The number of rotatable bonds is 5. The van der Waals surface area contributed by atoms with Gasteiger partial charge in [0.15, 0.2) is 0 Å². The second-order valence-electron chi connectivity index (χ2n) is 4.34. The molecule has 1 aromatic carbocycles. The van der Waals surface area contributed by atoms with Crippen molar-refractivity contribution in [3.8, 4) is 0 Å². The number of nitro groups is 1. The molecule has 8 heteroatoms. The molecule has 7 nitrogen and oxygen atoms in total. The molecule has 1 aromatic rings. The van der Waals surface area contributed by atoms with Gasteiger partial charge in [0.1, 0.15) is 0 Å². The summed E-state index contributed by atoms with van der Waals surface area (Å²) in [4.78, 5) is 9.98. The van der Waals surface area contributed by atoms with Crippen LogP contribution in [0.5, 0.6) is 0 Å². The number of nitro benzene ring substituents is 1. The van der Waals surface area contributed by atoms with Crippen LogP contribution in [-0.4, -0.2) is 31.1 Å². The molecule has 1 rings (SSSR count). The van der Waals surface area contributed by atoms with Gasteiger partial charge in [0.05, 0.1) is 15.9 Å². The normalized spacial score (nSPS) is 13.3. The fraction of sp³-hybridized carbons (Fsp3) is 0.455. The third-order valence-corrected chi connectivity index (χ3v) is 4.22. The van der Waals surface area contributed by atoms with Crippen LogP contribution in [0.2, 0.25) is 0 Å². The summed E-state index contributed by atoms with van der Waals surface area (Å²) in [6, 6.07) is 2.34. The number of nitrogens with zero attached hydrogens (tertiary/aromatic N) is 1. The van der Waals surface area contributed by atoms with E-state index in [0.717, 1.165) is 6.07 Å². The van der Waals surface area contributed by atoms with Gasteiger partial charge in [-0.15, -0.1) is 0 Å². The summed E-state index contributed by atoms with van der Waals surface area (Å²) in [5.74, 6) is 0. The number of non-ortho nitro benzene ring substituents is 1. The quantitative estimate of drug-likeness (QED) is 0.617. The van der Waals surface area contributed by atoms with Gasteiger partial charge < -0.3 is 5.11 Å². The molecule has 0 unspecified atom stereocenters. The number of benzene rings is 1. The van der Waals surface area contributed by atoms with Gasteiger partial charge in [-0.2, -0.15) is 0 Å². The molecule has 0 spiro atoms. The molecule has 0 fully saturated rings. The van der Waals surface area contributed by atoms with Gasteiger partial charge in [-0.3, -0.25) is 10.1 Å². The molecule has 0 aliphatic rings. The van der Waals surface area contributed by atoms with E-state index in [9.17, 15) is 18.5 Å². The maximum absolute atomic E-state index is 12.0. The molecule has 0 saturated carbocycles. The molecule has 0 aliphatic carbocycles. The molecule has 0 saturated heterocycles. The Hall–Kier alpha value is -1.51. The van der Waals surface area contributed by atoms with Crippen molar-refractivity contribution in [2.45, 2.75) is 31.8 Å². The molecular weight excluding hydrogens is 272 g/mol. The Morgan fingerprint density at radius 2 is 2.00 bits per heavy atom. The maximum Gasteiger partial charge on any atom is 0.271 e. The van der Waals surface area contributed by atoms with Crippen molar-refractivity contribution >= 4 is 15.7 Å². The van der Waals surface area contributed by atoms with Crippen LogP contribution >= 0.6 is 0 Å². The minimum absolute atomic E-state index is 0.139. The Morgan fingerprint density at radius 3 is 2.47 bits per heavy atom. The number of sulfonamides is 1. The Bertz CT molecular complexity index is 595. The van der Waals surface area contributed by atoms with Crippen molar-refractivity contribution in [1.82, 2.24) is 4.72 Å². The summed E-state index contributed by atoms with van der Waals surface area (Å²) in [5, 5.41) is 19.9. The Morgan fingerprint density at radius 1 is 1.42 bits per heavy atom. The van der Waals surface area contributed by atoms with Crippen LogP contribution in [-0.2, 0) is 10.0 Å². The van der Waals surface area contributed by atoms with Crippen molar-refractivity contribution in [3.05, 3.63) is 33.4 Å². The highest BCUT2D eigenvalue weighted by atomic mass is 32.2. The van der Waals surface area contributed by atoms with E-state index >= 15 is 0 Å².